The molecule has 1 saturated heterocycles. The SMILES string of the molecule is COc1ccc(CC(=O)C2CN(c3cc(C)c4c(=O)c(C(=O)O)cn(-c5ncns5)c4n3)C2)nc1. The average molecular weight is 493 g/mol. The van der Waals surface area contributed by atoms with Crippen molar-refractivity contribution in [2.75, 3.05) is 25.1 Å². The monoisotopic (exact) mass is 492 g/mol. The first-order valence-electron chi connectivity index (χ1n) is 10.7. The number of rotatable bonds is 7. The zero-order valence-corrected chi connectivity index (χ0v) is 19.7. The Morgan fingerprint density at radius 3 is 2.69 bits per heavy atom. The maximum absolute atomic E-state index is 12.9. The molecule has 11 nitrogen and oxygen atoms in total. The molecule has 4 aromatic heterocycles. The number of fused-ring (bicyclic) bond motifs is 1. The number of aromatic nitrogens is 5. The van der Waals surface area contributed by atoms with Crippen molar-refractivity contribution in [2.45, 2.75) is 13.3 Å². The molecule has 0 radical (unpaired) electrons. The summed E-state index contributed by atoms with van der Waals surface area (Å²) in [5.41, 5.74) is 0.599. The van der Waals surface area contributed by atoms with Crippen molar-refractivity contribution in [2.24, 2.45) is 5.92 Å². The van der Waals surface area contributed by atoms with Gasteiger partial charge in [0, 0.05) is 42.9 Å². The standard InChI is InChI=1S/C23H20N6O5S/c1-12-5-18(28-8-13(9-28)17(30)6-14-3-4-15(34-2)7-24-14)27-21-19(12)20(31)16(22(32)33)10-29(21)23-25-11-26-35-23/h3-5,7,10-11,13H,6,8-9H2,1-2H3,(H,32,33). The molecular formula is C23H20N6O5S. The van der Waals surface area contributed by atoms with E-state index in [1.54, 1.807) is 38.4 Å². The van der Waals surface area contributed by atoms with Gasteiger partial charge in [-0.15, -0.1) is 0 Å². The molecule has 0 aromatic carbocycles. The van der Waals surface area contributed by atoms with E-state index in [-0.39, 0.29) is 29.1 Å². The van der Waals surface area contributed by atoms with E-state index in [1.807, 2.05) is 4.90 Å². The highest BCUT2D eigenvalue weighted by Gasteiger charge is 2.34. The second-order valence-electron chi connectivity index (χ2n) is 8.20. The quantitative estimate of drug-likeness (QED) is 0.407. The van der Waals surface area contributed by atoms with Gasteiger partial charge in [0.05, 0.1) is 24.6 Å². The lowest BCUT2D eigenvalue weighted by Gasteiger charge is -2.39. The van der Waals surface area contributed by atoms with Crippen LogP contribution in [-0.2, 0) is 11.2 Å². The zero-order chi connectivity index (χ0) is 24.7. The van der Waals surface area contributed by atoms with Crippen LogP contribution < -0.4 is 15.1 Å². The fourth-order valence-electron chi connectivity index (χ4n) is 4.04. The first-order valence-corrected chi connectivity index (χ1v) is 11.5. The largest absolute Gasteiger partial charge is 0.495 e. The predicted molar refractivity (Wildman–Crippen MR) is 128 cm³/mol. The molecule has 1 fully saturated rings. The molecule has 0 amide bonds. The number of hydrogen-bond acceptors (Lipinski definition) is 10. The molecule has 0 unspecified atom stereocenters. The van der Waals surface area contributed by atoms with Crippen molar-refractivity contribution in [3.05, 3.63) is 64.0 Å². The smallest absolute Gasteiger partial charge is 0.341 e. The fourth-order valence-corrected chi connectivity index (χ4v) is 4.55. The molecule has 0 atom stereocenters. The molecule has 4 aromatic rings. The molecule has 178 valence electrons. The number of ketones is 1. The number of aryl methyl sites for hydroxylation is 1. The number of hydrogen-bond donors (Lipinski definition) is 1. The Balaban J connectivity index is 1.42. The summed E-state index contributed by atoms with van der Waals surface area (Å²) in [6, 6.07) is 5.29. The molecular weight excluding hydrogens is 472 g/mol. The summed E-state index contributed by atoms with van der Waals surface area (Å²) < 4.78 is 10.6. The number of carbonyl (C=O) groups excluding carboxylic acids is 1. The van der Waals surface area contributed by atoms with Crippen molar-refractivity contribution in [1.29, 1.82) is 0 Å². The minimum atomic E-state index is -1.32. The van der Waals surface area contributed by atoms with Crippen LogP contribution in [0.4, 0.5) is 5.82 Å². The summed E-state index contributed by atoms with van der Waals surface area (Å²) in [6.07, 6.45) is 4.41. The second kappa shape index (κ2) is 8.87. The van der Waals surface area contributed by atoms with E-state index in [1.165, 1.54) is 17.1 Å². The van der Waals surface area contributed by atoms with Crippen LogP contribution in [0.15, 0.2) is 41.7 Å². The predicted octanol–water partition coefficient (Wildman–Crippen LogP) is 1.90. The number of pyridine rings is 3. The Labute approximate surface area is 202 Å². The first kappa shape index (κ1) is 22.6. The van der Waals surface area contributed by atoms with E-state index < -0.39 is 11.4 Å². The molecule has 1 N–H and O–H groups in total. The highest BCUT2D eigenvalue weighted by Crippen LogP contribution is 2.29. The molecule has 0 spiro atoms. The number of methoxy groups -OCH3 is 1. The first-order chi connectivity index (χ1) is 16.9. The molecule has 1 aliphatic rings. The minimum Gasteiger partial charge on any atom is -0.495 e. The number of Topliss-reactive ketones (excluding diaryl/α,β-unsaturated/α-hetero) is 1. The Morgan fingerprint density at radius 1 is 1.26 bits per heavy atom. The maximum atomic E-state index is 12.9. The lowest BCUT2D eigenvalue weighted by Crippen LogP contribution is -2.51. The summed E-state index contributed by atoms with van der Waals surface area (Å²) in [5.74, 6) is -0.155. The van der Waals surface area contributed by atoms with Crippen LogP contribution in [0.1, 0.15) is 21.6 Å². The van der Waals surface area contributed by atoms with E-state index in [4.69, 9.17) is 4.74 Å². The van der Waals surface area contributed by atoms with Gasteiger partial charge < -0.3 is 14.7 Å². The van der Waals surface area contributed by atoms with Gasteiger partial charge in [0.25, 0.3) is 0 Å². The van der Waals surface area contributed by atoms with Gasteiger partial charge in [0.2, 0.25) is 10.6 Å². The molecule has 12 heteroatoms. The molecule has 5 rings (SSSR count). The van der Waals surface area contributed by atoms with E-state index >= 15 is 0 Å². The van der Waals surface area contributed by atoms with Gasteiger partial charge in [-0.25, -0.2) is 14.8 Å². The van der Waals surface area contributed by atoms with Crippen LogP contribution in [0, 0.1) is 12.8 Å². The number of carbonyl (C=O) groups is 2. The zero-order valence-electron chi connectivity index (χ0n) is 18.8. The Morgan fingerprint density at radius 2 is 2.06 bits per heavy atom. The van der Waals surface area contributed by atoms with E-state index in [0.717, 1.165) is 11.5 Å². The van der Waals surface area contributed by atoms with E-state index in [2.05, 4.69) is 19.3 Å². The van der Waals surface area contributed by atoms with E-state index in [0.29, 0.717) is 46.7 Å². The fraction of sp³-hybridized carbons (Fsp3) is 0.261. The minimum absolute atomic E-state index is 0.0910. The molecule has 5 heterocycles. The summed E-state index contributed by atoms with van der Waals surface area (Å²) in [5, 5.41) is 10.1. The molecule has 0 aliphatic carbocycles. The number of carboxylic acids is 1. The van der Waals surface area contributed by atoms with Crippen molar-refractivity contribution < 1.29 is 19.4 Å². The third kappa shape index (κ3) is 4.12. The topological polar surface area (TPSA) is 140 Å². The van der Waals surface area contributed by atoms with Gasteiger partial charge in [-0.1, -0.05) is 0 Å². The molecule has 0 saturated carbocycles. The number of carboxylic acid groups (broad SMARTS) is 1. The Bertz CT molecular complexity index is 1490. The van der Waals surface area contributed by atoms with Crippen molar-refractivity contribution in [3.8, 4) is 10.9 Å². The van der Waals surface area contributed by atoms with Gasteiger partial charge in [-0.2, -0.15) is 4.37 Å². The third-order valence-corrected chi connectivity index (χ3v) is 6.64. The van der Waals surface area contributed by atoms with Crippen molar-refractivity contribution in [1.82, 2.24) is 23.9 Å². The molecule has 0 bridgehead atoms. The van der Waals surface area contributed by atoms with Crippen molar-refractivity contribution >= 4 is 40.1 Å². The highest BCUT2D eigenvalue weighted by molar-refractivity contribution is 7.08. The van der Waals surface area contributed by atoms with Crippen LogP contribution in [-0.4, -0.2) is 61.0 Å². The van der Waals surface area contributed by atoms with Gasteiger partial charge in [-0.3, -0.25) is 19.1 Å². The lowest BCUT2D eigenvalue weighted by molar-refractivity contribution is -0.123. The van der Waals surface area contributed by atoms with Crippen LogP contribution in [0.3, 0.4) is 0 Å². The number of aromatic carboxylic acids is 1. The third-order valence-electron chi connectivity index (χ3n) is 5.98. The van der Waals surface area contributed by atoms with Crippen molar-refractivity contribution in [3.63, 3.8) is 0 Å². The van der Waals surface area contributed by atoms with Gasteiger partial charge in [0.1, 0.15) is 29.2 Å². The highest BCUT2D eigenvalue weighted by atomic mass is 32.1. The average Bonchev–Trinajstić information content (AvgIpc) is 3.33. The molecule has 1 aliphatic heterocycles. The summed E-state index contributed by atoms with van der Waals surface area (Å²) >= 11 is 1.06. The van der Waals surface area contributed by atoms with Gasteiger partial charge >= 0.3 is 5.97 Å². The van der Waals surface area contributed by atoms with Gasteiger partial charge in [0.15, 0.2) is 5.65 Å². The van der Waals surface area contributed by atoms with Crippen LogP contribution in [0.5, 0.6) is 5.75 Å². The lowest BCUT2D eigenvalue weighted by atomic mass is 9.92. The summed E-state index contributed by atoms with van der Waals surface area (Å²) in [4.78, 5) is 52.3. The summed E-state index contributed by atoms with van der Waals surface area (Å²) in [7, 11) is 1.56. The molecule has 35 heavy (non-hydrogen) atoms. The number of anilines is 1. The van der Waals surface area contributed by atoms with Crippen LogP contribution in [0.25, 0.3) is 16.2 Å². The Hall–Kier alpha value is -4.19. The van der Waals surface area contributed by atoms with E-state index in [9.17, 15) is 19.5 Å². The van der Waals surface area contributed by atoms with Crippen LogP contribution in [0.2, 0.25) is 0 Å². The summed E-state index contributed by atoms with van der Waals surface area (Å²) in [6.45, 7) is 2.72. The number of nitrogens with zero attached hydrogens (tertiary/aromatic N) is 6. The van der Waals surface area contributed by atoms with Crippen LogP contribution >= 0.6 is 11.5 Å². The second-order valence-corrected chi connectivity index (χ2v) is 8.96. The number of ether oxygens (including phenoxy) is 1. The maximum Gasteiger partial charge on any atom is 0.341 e. The Kier molecular flexibility index (Phi) is 5.73. The van der Waals surface area contributed by atoms with Gasteiger partial charge in [-0.05, 0) is 30.7 Å². The normalized spacial score (nSPS) is 13.6.